The average molecular weight is 182 g/mol. The van der Waals surface area contributed by atoms with E-state index in [1.54, 1.807) is 6.92 Å². The average Bonchev–Trinajstić information content (AvgIpc) is 1.31. The molecule has 0 aliphatic heterocycles. The van der Waals surface area contributed by atoms with Crippen molar-refractivity contribution in [1.82, 2.24) is 0 Å². The standard InChI is InChI=1S/C5H12NO.BrH/c1-5(7)6(2,3)4;/h1-4H3;1H/q+1;/p-1. The summed E-state index contributed by atoms with van der Waals surface area (Å²) in [6.45, 7) is 1.58. The molecule has 0 N–H and O–H groups in total. The second-order valence-electron chi connectivity index (χ2n) is 2.53. The second kappa shape index (κ2) is 3.20. The first-order valence-electron chi connectivity index (χ1n) is 2.27. The minimum Gasteiger partial charge on any atom is -1.00 e. The molecule has 0 saturated carbocycles. The van der Waals surface area contributed by atoms with Gasteiger partial charge in [-0.05, 0) is 0 Å². The molecule has 0 radical (unpaired) electrons. The van der Waals surface area contributed by atoms with Gasteiger partial charge in [0, 0.05) is 0 Å². The van der Waals surface area contributed by atoms with Crippen molar-refractivity contribution in [3.05, 3.63) is 0 Å². The Morgan fingerprint density at radius 1 is 1.25 bits per heavy atom. The van der Waals surface area contributed by atoms with Gasteiger partial charge in [0.2, 0.25) is 0 Å². The quantitative estimate of drug-likeness (QED) is 0.371. The molecule has 50 valence electrons. The fraction of sp³-hybridized carbons (Fsp3) is 0.800. The van der Waals surface area contributed by atoms with Crippen LogP contribution in [0.2, 0.25) is 0 Å². The molecule has 3 heteroatoms. The molecule has 8 heavy (non-hydrogen) atoms. The second-order valence-corrected chi connectivity index (χ2v) is 2.53. The van der Waals surface area contributed by atoms with Crippen LogP contribution in [-0.2, 0) is 4.79 Å². The van der Waals surface area contributed by atoms with Crippen molar-refractivity contribution < 1.29 is 26.3 Å². The summed E-state index contributed by atoms with van der Waals surface area (Å²) in [5.74, 6) is 0.181. The molecule has 1 amide bonds. The number of hydrogen-bond acceptors (Lipinski definition) is 1. The highest BCUT2D eigenvalue weighted by Crippen LogP contribution is 1.87. The van der Waals surface area contributed by atoms with E-state index < -0.39 is 0 Å². The minimum atomic E-state index is 0. The summed E-state index contributed by atoms with van der Waals surface area (Å²) < 4.78 is 0.417. The van der Waals surface area contributed by atoms with E-state index in [9.17, 15) is 4.79 Å². The summed E-state index contributed by atoms with van der Waals surface area (Å²) >= 11 is 0. The summed E-state index contributed by atoms with van der Waals surface area (Å²) in [5.41, 5.74) is 0. The number of nitrogens with zero attached hydrogens (tertiary/aromatic N) is 1. The van der Waals surface area contributed by atoms with Gasteiger partial charge in [-0.25, -0.2) is 4.79 Å². The molecule has 0 unspecified atom stereocenters. The molecule has 2 nitrogen and oxygen atoms in total. The van der Waals surface area contributed by atoms with Gasteiger partial charge in [-0.2, -0.15) is 0 Å². The van der Waals surface area contributed by atoms with Crippen LogP contribution >= 0.6 is 0 Å². The largest absolute Gasteiger partial charge is 1.00 e. The van der Waals surface area contributed by atoms with E-state index in [2.05, 4.69) is 0 Å². The molecule has 0 rings (SSSR count). The molecule has 0 saturated heterocycles. The lowest BCUT2D eigenvalue weighted by Crippen LogP contribution is -3.00. The third kappa shape index (κ3) is 4.27. The monoisotopic (exact) mass is 181 g/mol. The van der Waals surface area contributed by atoms with E-state index in [0.717, 1.165) is 0 Å². The number of carbonyl (C=O) groups is 1. The van der Waals surface area contributed by atoms with Crippen LogP contribution in [-0.4, -0.2) is 31.5 Å². The maximum atomic E-state index is 10.4. The van der Waals surface area contributed by atoms with Gasteiger partial charge in [0.1, 0.15) is 0 Å². The number of halogens is 1. The molecule has 0 aromatic carbocycles. The normalized spacial score (nSPS) is 10.0. The third-order valence-corrected chi connectivity index (χ3v) is 0.945. The first-order valence-corrected chi connectivity index (χ1v) is 2.27. The van der Waals surface area contributed by atoms with Gasteiger partial charge in [0.05, 0.1) is 28.1 Å². The Kier molecular flexibility index (Phi) is 4.39. The van der Waals surface area contributed by atoms with Crippen molar-refractivity contribution in [1.29, 1.82) is 0 Å². The minimum absolute atomic E-state index is 0. The van der Waals surface area contributed by atoms with E-state index >= 15 is 0 Å². The fourth-order valence-corrected chi connectivity index (χ4v) is 0. The van der Waals surface area contributed by atoms with Crippen LogP contribution in [0.25, 0.3) is 0 Å². The van der Waals surface area contributed by atoms with Gasteiger partial charge in [-0.3, -0.25) is 4.48 Å². The van der Waals surface area contributed by atoms with Gasteiger partial charge in [-0.15, -0.1) is 0 Å². The lowest BCUT2D eigenvalue weighted by molar-refractivity contribution is -0.791. The molecule has 0 aliphatic carbocycles. The van der Waals surface area contributed by atoms with Crippen molar-refractivity contribution in [3.63, 3.8) is 0 Å². The third-order valence-electron chi connectivity index (χ3n) is 0.945. The first-order chi connectivity index (χ1) is 2.94. The van der Waals surface area contributed by atoms with E-state index in [4.69, 9.17) is 0 Å². The predicted octanol–water partition coefficient (Wildman–Crippen LogP) is -2.76. The maximum Gasteiger partial charge on any atom is 0.309 e. The Labute approximate surface area is 60.8 Å². The number of hydrogen-bond donors (Lipinski definition) is 0. The van der Waals surface area contributed by atoms with Crippen LogP contribution in [0.5, 0.6) is 0 Å². The van der Waals surface area contributed by atoms with Crippen molar-refractivity contribution in [2.45, 2.75) is 6.92 Å². The number of carbonyl (C=O) groups excluding carboxylic acids is 1. The summed E-state index contributed by atoms with van der Waals surface area (Å²) in [5, 5.41) is 0. The highest BCUT2D eigenvalue weighted by atomic mass is 79.9. The van der Waals surface area contributed by atoms with Crippen LogP contribution in [0.3, 0.4) is 0 Å². The van der Waals surface area contributed by atoms with Crippen LogP contribution < -0.4 is 17.0 Å². The zero-order valence-corrected chi connectivity index (χ0v) is 7.32. The maximum absolute atomic E-state index is 10.4. The molecule has 0 heterocycles. The van der Waals surface area contributed by atoms with E-state index in [-0.39, 0.29) is 22.9 Å². The SMILES string of the molecule is CC(=O)[N+](C)(C)C.[Br-]. The molecule has 0 aromatic heterocycles. The fourth-order valence-electron chi connectivity index (χ4n) is 0. The van der Waals surface area contributed by atoms with Crippen LogP contribution in [0.15, 0.2) is 0 Å². The Hall–Kier alpha value is 0.110. The van der Waals surface area contributed by atoms with Gasteiger partial charge >= 0.3 is 5.91 Å². The van der Waals surface area contributed by atoms with E-state index in [1.165, 1.54) is 0 Å². The summed E-state index contributed by atoms with van der Waals surface area (Å²) in [6, 6.07) is 0. The Balaban J connectivity index is 0. The number of rotatable bonds is 0. The smallest absolute Gasteiger partial charge is 0.309 e. The van der Waals surface area contributed by atoms with Gasteiger partial charge in [0.25, 0.3) is 0 Å². The molecular formula is C5H12BrNO. The number of quaternary nitrogens is 1. The van der Waals surface area contributed by atoms with Crippen LogP contribution in [0.1, 0.15) is 6.92 Å². The van der Waals surface area contributed by atoms with Crippen molar-refractivity contribution in [3.8, 4) is 0 Å². The predicted molar refractivity (Wildman–Crippen MR) is 28.7 cm³/mol. The lowest BCUT2D eigenvalue weighted by atomic mass is 10.5. The first kappa shape index (κ1) is 11.0. The Morgan fingerprint density at radius 3 is 1.38 bits per heavy atom. The number of amides is 1. The Bertz CT molecular complexity index is 84.9. The zero-order chi connectivity index (χ0) is 6.08. The molecule has 0 aromatic rings. The molecule has 0 bridgehead atoms. The topological polar surface area (TPSA) is 17.1 Å². The van der Waals surface area contributed by atoms with Crippen molar-refractivity contribution in [2.75, 3.05) is 21.1 Å². The van der Waals surface area contributed by atoms with Crippen LogP contribution in [0.4, 0.5) is 0 Å². The van der Waals surface area contributed by atoms with Crippen LogP contribution in [0, 0.1) is 0 Å². The molecule has 0 fully saturated rings. The van der Waals surface area contributed by atoms with E-state index in [0.29, 0.717) is 4.48 Å². The Morgan fingerprint density at radius 2 is 1.38 bits per heavy atom. The molecule has 0 aliphatic rings. The zero-order valence-electron chi connectivity index (χ0n) is 5.73. The molecule has 0 spiro atoms. The summed E-state index contributed by atoms with van der Waals surface area (Å²) in [6.07, 6.45) is 0. The van der Waals surface area contributed by atoms with Gasteiger partial charge < -0.3 is 17.0 Å². The highest BCUT2D eigenvalue weighted by molar-refractivity contribution is 5.64. The lowest BCUT2D eigenvalue weighted by Gasteiger charge is -2.17. The van der Waals surface area contributed by atoms with E-state index in [1.807, 2.05) is 21.1 Å². The van der Waals surface area contributed by atoms with Crippen molar-refractivity contribution >= 4 is 5.91 Å². The summed E-state index contributed by atoms with van der Waals surface area (Å²) in [7, 11) is 5.55. The van der Waals surface area contributed by atoms with Crippen molar-refractivity contribution in [2.24, 2.45) is 0 Å². The highest BCUT2D eigenvalue weighted by Gasteiger charge is 2.11. The van der Waals surface area contributed by atoms with Gasteiger partial charge in [-0.1, -0.05) is 0 Å². The summed E-state index contributed by atoms with van der Waals surface area (Å²) in [4.78, 5) is 10.4. The molecular weight excluding hydrogens is 170 g/mol. The van der Waals surface area contributed by atoms with Gasteiger partial charge in [0.15, 0.2) is 0 Å². The molecule has 0 atom stereocenters.